The molecule has 3 aromatic rings. The maximum atomic E-state index is 12.5. The van der Waals surface area contributed by atoms with Crippen LogP contribution in [0.4, 0.5) is 5.69 Å². The second kappa shape index (κ2) is 9.12. The van der Waals surface area contributed by atoms with Crippen molar-refractivity contribution in [2.75, 3.05) is 19.4 Å². The van der Waals surface area contributed by atoms with Crippen LogP contribution in [-0.4, -0.2) is 35.9 Å². The molecule has 3 rings (SSSR count). The Hall–Kier alpha value is -3.51. The SMILES string of the molecule is CN(C)C(=O)c1ccccc1NC(=S)NC(=O)c1ccc(-c2ccccc2)cc1. The number of amides is 2. The Morgan fingerprint density at radius 1 is 0.793 bits per heavy atom. The Morgan fingerprint density at radius 3 is 2.03 bits per heavy atom. The zero-order chi connectivity index (χ0) is 20.8. The first kappa shape index (κ1) is 20.2. The molecule has 0 heterocycles. The average molecular weight is 404 g/mol. The molecule has 0 saturated carbocycles. The zero-order valence-corrected chi connectivity index (χ0v) is 17.0. The summed E-state index contributed by atoms with van der Waals surface area (Å²) in [5, 5.41) is 5.72. The highest BCUT2D eigenvalue weighted by Gasteiger charge is 2.15. The quantitative estimate of drug-likeness (QED) is 0.642. The van der Waals surface area contributed by atoms with Gasteiger partial charge in [0.2, 0.25) is 0 Å². The second-order valence-electron chi connectivity index (χ2n) is 6.60. The molecule has 2 N–H and O–H groups in total. The summed E-state index contributed by atoms with van der Waals surface area (Å²) in [5.74, 6) is -0.475. The molecule has 5 nitrogen and oxygen atoms in total. The molecule has 6 heteroatoms. The van der Waals surface area contributed by atoms with Gasteiger partial charge in [-0.3, -0.25) is 14.9 Å². The number of nitrogens with zero attached hydrogens (tertiary/aromatic N) is 1. The van der Waals surface area contributed by atoms with Crippen molar-refractivity contribution in [3.8, 4) is 11.1 Å². The predicted molar refractivity (Wildman–Crippen MR) is 120 cm³/mol. The molecule has 0 aliphatic carbocycles. The van der Waals surface area contributed by atoms with Crippen LogP contribution >= 0.6 is 12.2 Å². The molecule has 0 atom stereocenters. The summed E-state index contributed by atoms with van der Waals surface area (Å²) in [6.45, 7) is 0. The molecule has 146 valence electrons. The summed E-state index contributed by atoms with van der Waals surface area (Å²) in [6, 6.07) is 24.2. The lowest BCUT2D eigenvalue weighted by atomic mass is 10.0. The number of carbonyl (C=O) groups excluding carboxylic acids is 2. The molecule has 0 aliphatic rings. The zero-order valence-electron chi connectivity index (χ0n) is 16.2. The van der Waals surface area contributed by atoms with Gasteiger partial charge in [0.25, 0.3) is 11.8 Å². The fourth-order valence-corrected chi connectivity index (χ4v) is 3.00. The van der Waals surface area contributed by atoms with Gasteiger partial charge in [0.05, 0.1) is 11.3 Å². The molecule has 0 saturated heterocycles. The van der Waals surface area contributed by atoms with Crippen molar-refractivity contribution in [1.82, 2.24) is 10.2 Å². The number of nitrogens with one attached hydrogen (secondary N) is 2. The summed E-state index contributed by atoms with van der Waals surface area (Å²) in [5.41, 5.74) is 3.61. The first-order valence-electron chi connectivity index (χ1n) is 9.04. The van der Waals surface area contributed by atoms with E-state index >= 15 is 0 Å². The Labute approximate surface area is 175 Å². The molecule has 0 radical (unpaired) electrons. The third-order valence-corrected chi connectivity index (χ3v) is 4.50. The van der Waals surface area contributed by atoms with Crippen molar-refractivity contribution >= 4 is 34.8 Å². The van der Waals surface area contributed by atoms with Crippen LogP contribution in [0.15, 0.2) is 78.9 Å². The van der Waals surface area contributed by atoms with Crippen molar-refractivity contribution in [3.63, 3.8) is 0 Å². The monoisotopic (exact) mass is 403 g/mol. The molecular formula is C23H21N3O2S. The van der Waals surface area contributed by atoms with Crippen molar-refractivity contribution < 1.29 is 9.59 Å². The van der Waals surface area contributed by atoms with Crippen LogP contribution < -0.4 is 10.6 Å². The lowest BCUT2D eigenvalue weighted by molar-refractivity contribution is 0.0828. The fourth-order valence-electron chi connectivity index (χ4n) is 2.79. The highest BCUT2D eigenvalue weighted by atomic mass is 32.1. The number of para-hydroxylation sites is 1. The number of benzene rings is 3. The van der Waals surface area contributed by atoms with Gasteiger partial charge in [-0.2, -0.15) is 0 Å². The molecule has 0 unspecified atom stereocenters. The van der Waals surface area contributed by atoms with E-state index in [1.54, 1.807) is 50.5 Å². The molecule has 0 bridgehead atoms. The molecular weight excluding hydrogens is 382 g/mol. The lowest BCUT2D eigenvalue weighted by Gasteiger charge is -2.16. The predicted octanol–water partition coefficient (Wildman–Crippen LogP) is 4.18. The van der Waals surface area contributed by atoms with Crippen LogP contribution in [0, 0.1) is 0 Å². The molecule has 0 fully saturated rings. The van der Waals surface area contributed by atoms with Gasteiger partial charge in [-0.1, -0.05) is 54.6 Å². The first-order valence-corrected chi connectivity index (χ1v) is 9.45. The topological polar surface area (TPSA) is 61.4 Å². The van der Waals surface area contributed by atoms with Gasteiger partial charge < -0.3 is 10.2 Å². The minimum absolute atomic E-state index is 0.126. The molecule has 0 spiro atoms. The Morgan fingerprint density at radius 2 is 1.38 bits per heavy atom. The Balaban J connectivity index is 1.67. The van der Waals surface area contributed by atoms with Crippen molar-refractivity contribution in [2.45, 2.75) is 0 Å². The van der Waals surface area contributed by atoms with Crippen LogP contribution in [-0.2, 0) is 0 Å². The number of rotatable bonds is 4. The third-order valence-electron chi connectivity index (χ3n) is 4.29. The number of anilines is 1. The van der Waals surface area contributed by atoms with Crippen LogP contribution in [0.2, 0.25) is 0 Å². The highest BCUT2D eigenvalue weighted by Crippen LogP contribution is 2.19. The van der Waals surface area contributed by atoms with E-state index in [2.05, 4.69) is 10.6 Å². The first-order chi connectivity index (χ1) is 14.0. The number of hydrogen-bond acceptors (Lipinski definition) is 3. The number of hydrogen-bond donors (Lipinski definition) is 2. The van der Waals surface area contributed by atoms with E-state index in [0.717, 1.165) is 11.1 Å². The molecule has 3 aromatic carbocycles. The van der Waals surface area contributed by atoms with E-state index in [1.807, 2.05) is 42.5 Å². The van der Waals surface area contributed by atoms with Gasteiger partial charge in [0.15, 0.2) is 5.11 Å². The van der Waals surface area contributed by atoms with Crippen molar-refractivity contribution in [2.24, 2.45) is 0 Å². The largest absolute Gasteiger partial charge is 0.345 e. The Bertz CT molecular complexity index is 1030. The normalized spacial score (nSPS) is 10.1. The summed E-state index contributed by atoms with van der Waals surface area (Å²) < 4.78 is 0. The third kappa shape index (κ3) is 5.06. The van der Waals surface area contributed by atoms with Gasteiger partial charge in [0.1, 0.15) is 0 Å². The standard InChI is InChI=1S/C23H21N3O2S/c1-26(2)22(28)19-10-6-7-11-20(19)24-23(29)25-21(27)18-14-12-17(13-15-18)16-8-4-3-5-9-16/h3-15H,1-2H3,(H2,24,25,27,29). The van der Waals surface area contributed by atoms with Gasteiger partial charge in [0, 0.05) is 19.7 Å². The summed E-state index contributed by atoms with van der Waals surface area (Å²) in [7, 11) is 3.36. The fraction of sp³-hybridized carbons (Fsp3) is 0.0870. The van der Waals surface area contributed by atoms with Crippen molar-refractivity contribution in [3.05, 3.63) is 90.0 Å². The van der Waals surface area contributed by atoms with Crippen LogP contribution in [0.25, 0.3) is 11.1 Å². The van der Waals surface area contributed by atoms with Crippen molar-refractivity contribution in [1.29, 1.82) is 0 Å². The average Bonchev–Trinajstić information content (AvgIpc) is 2.74. The summed E-state index contributed by atoms with van der Waals surface area (Å²) in [4.78, 5) is 26.3. The highest BCUT2D eigenvalue weighted by molar-refractivity contribution is 7.80. The van der Waals surface area contributed by atoms with E-state index in [-0.39, 0.29) is 16.9 Å². The minimum atomic E-state index is -0.321. The molecule has 0 aliphatic heterocycles. The summed E-state index contributed by atoms with van der Waals surface area (Å²) >= 11 is 5.26. The maximum Gasteiger partial charge on any atom is 0.257 e. The maximum absolute atomic E-state index is 12.5. The van der Waals surface area contributed by atoms with Gasteiger partial charge >= 0.3 is 0 Å². The molecule has 0 aromatic heterocycles. The van der Waals surface area contributed by atoms with Gasteiger partial charge in [-0.05, 0) is 47.6 Å². The molecule has 29 heavy (non-hydrogen) atoms. The summed E-state index contributed by atoms with van der Waals surface area (Å²) in [6.07, 6.45) is 0. The van der Waals surface area contributed by atoms with E-state index in [1.165, 1.54) is 4.90 Å². The Kier molecular flexibility index (Phi) is 6.36. The smallest absolute Gasteiger partial charge is 0.257 e. The van der Waals surface area contributed by atoms with E-state index < -0.39 is 0 Å². The van der Waals surface area contributed by atoms with Gasteiger partial charge in [-0.25, -0.2) is 0 Å². The van der Waals surface area contributed by atoms with Crippen LogP contribution in [0.5, 0.6) is 0 Å². The minimum Gasteiger partial charge on any atom is -0.345 e. The van der Waals surface area contributed by atoms with E-state index in [4.69, 9.17) is 12.2 Å². The van der Waals surface area contributed by atoms with Crippen LogP contribution in [0.1, 0.15) is 20.7 Å². The second-order valence-corrected chi connectivity index (χ2v) is 7.01. The number of thiocarbonyl (C=S) groups is 1. The van der Waals surface area contributed by atoms with Gasteiger partial charge in [-0.15, -0.1) is 0 Å². The lowest BCUT2D eigenvalue weighted by Crippen LogP contribution is -2.35. The van der Waals surface area contributed by atoms with E-state index in [0.29, 0.717) is 16.8 Å². The molecule has 2 amide bonds. The number of carbonyl (C=O) groups is 2. The van der Waals surface area contributed by atoms with Crippen LogP contribution in [0.3, 0.4) is 0 Å². The van der Waals surface area contributed by atoms with E-state index in [9.17, 15) is 9.59 Å².